The molecule has 62 valence electrons. The molecule has 2 heteroatoms. The minimum absolute atomic E-state index is 0.602. The van der Waals surface area contributed by atoms with Crippen molar-refractivity contribution in [2.24, 2.45) is 0 Å². The zero-order valence-electron chi connectivity index (χ0n) is 8.18. The Morgan fingerprint density at radius 1 is 1.30 bits per heavy atom. The van der Waals surface area contributed by atoms with Crippen molar-refractivity contribution in [2.75, 3.05) is 34.7 Å². The lowest BCUT2D eigenvalue weighted by molar-refractivity contribution is -0.922. The minimum atomic E-state index is 0.602. The molecule has 0 fully saturated rings. The summed E-state index contributed by atoms with van der Waals surface area (Å²) in [5, 5.41) is 0. The molecule has 1 unspecified atom stereocenters. The highest BCUT2D eigenvalue weighted by Gasteiger charge is 2.22. The van der Waals surface area contributed by atoms with E-state index in [0.29, 0.717) is 6.17 Å². The third-order valence-electron chi connectivity index (χ3n) is 2.57. The van der Waals surface area contributed by atoms with E-state index >= 15 is 0 Å². The third kappa shape index (κ3) is 2.27. The number of quaternary nitrogens is 1. The standard InChI is InChI=1S/C8H21N2/c1-7-10(5,6)8(2)9(3)4/h8H,7H2,1-6H3/q+1. The molecule has 0 heterocycles. The van der Waals surface area contributed by atoms with E-state index in [1.54, 1.807) is 0 Å². The van der Waals surface area contributed by atoms with E-state index in [4.69, 9.17) is 0 Å². The summed E-state index contributed by atoms with van der Waals surface area (Å²) in [5.74, 6) is 0. The molecular formula is C8H21N2+. The molecular weight excluding hydrogens is 124 g/mol. The Balaban J connectivity index is 4.03. The molecule has 0 rings (SSSR count). The second-order valence-electron chi connectivity index (χ2n) is 3.69. The van der Waals surface area contributed by atoms with E-state index in [1.807, 2.05) is 0 Å². The van der Waals surface area contributed by atoms with Crippen LogP contribution in [-0.2, 0) is 0 Å². The molecule has 0 aliphatic heterocycles. The van der Waals surface area contributed by atoms with E-state index in [1.165, 1.54) is 6.54 Å². The van der Waals surface area contributed by atoms with Gasteiger partial charge in [-0.3, -0.25) is 4.90 Å². The summed E-state index contributed by atoms with van der Waals surface area (Å²) >= 11 is 0. The van der Waals surface area contributed by atoms with Gasteiger partial charge >= 0.3 is 0 Å². The quantitative estimate of drug-likeness (QED) is 0.423. The van der Waals surface area contributed by atoms with E-state index < -0.39 is 0 Å². The first-order valence-corrected chi connectivity index (χ1v) is 3.91. The van der Waals surface area contributed by atoms with E-state index in [0.717, 1.165) is 4.48 Å². The number of rotatable bonds is 3. The van der Waals surface area contributed by atoms with Gasteiger partial charge in [0.25, 0.3) is 0 Å². The Morgan fingerprint density at radius 3 is 1.80 bits per heavy atom. The predicted molar refractivity (Wildman–Crippen MR) is 45.8 cm³/mol. The Morgan fingerprint density at radius 2 is 1.70 bits per heavy atom. The van der Waals surface area contributed by atoms with Crippen LogP contribution in [0.3, 0.4) is 0 Å². The van der Waals surface area contributed by atoms with Crippen LogP contribution in [0, 0.1) is 0 Å². The van der Waals surface area contributed by atoms with Crippen molar-refractivity contribution in [1.82, 2.24) is 4.90 Å². The van der Waals surface area contributed by atoms with Crippen LogP contribution in [0.25, 0.3) is 0 Å². The molecule has 0 saturated heterocycles. The molecule has 0 amide bonds. The second-order valence-corrected chi connectivity index (χ2v) is 3.69. The normalized spacial score (nSPS) is 15.9. The summed E-state index contributed by atoms with van der Waals surface area (Å²) in [6.07, 6.45) is 0.602. The van der Waals surface area contributed by atoms with Gasteiger partial charge in [0.1, 0.15) is 6.17 Å². The van der Waals surface area contributed by atoms with Gasteiger partial charge in [-0.05, 0) is 21.0 Å². The van der Waals surface area contributed by atoms with Crippen LogP contribution >= 0.6 is 0 Å². The fourth-order valence-corrected chi connectivity index (χ4v) is 0.889. The molecule has 0 aliphatic carbocycles. The molecule has 0 aromatic rings. The summed E-state index contributed by atoms with van der Waals surface area (Å²) in [7, 11) is 8.76. The van der Waals surface area contributed by atoms with E-state index in [-0.39, 0.29) is 0 Å². The summed E-state index contributed by atoms with van der Waals surface area (Å²) in [6.45, 7) is 5.66. The van der Waals surface area contributed by atoms with Crippen LogP contribution in [-0.4, -0.2) is 50.3 Å². The fraction of sp³-hybridized carbons (Fsp3) is 1.00. The van der Waals surface area contributed by atoms with Gasteiger partial charge in [-0.15, -0.1) is 0 Å². The number of nitrogens with zero attached hydrogens (tertiary/aromatic N) is 2. The zero-order valence-corrected chi connectivity index (χ0v) is 8.18. The Bertz CT molecular complexity index is 97.4. The third-order valence-corrected chi connectivity index (χ3v) is 2.57. The van der Waals surface area contributed by atoms with Crippen molar-refractivity contribution in [2.45, 2.75) is 20.0 Å². The topological polar surface area (TPSA) is 3.24 Å². The lowest BCUT2D eigenvalue weighted by Crippen LogP contribution is -2.53. The summed E-state index contributed by atoms with van der Waals surface area (Å²) < 4.78 is 1.06. The Kier molecular flexibility index (Phi) is 3.33. The maximum Gasteiger partial charge on any atom is 0.141 e. The van der Waals surface area contributed by atoms with Gasteiger partial charge in [-0.25, -0.2) is 0 Å². The molecule has 0 aromatic carbocycles. The molecule has 0 saturated carbocycles. The first kappa shape index (κ1) is 9.92. The fourth-order valence-electron chi connectivity index (χ4n) is 0.889. The maximum atomic E-state index is 2.25. The second kappa shape index (κ2) is 3.35. The molecule has 0 aromatic heterocycles. The monoisotopic (exact) mass is 145 g/mol. The smallest absolute Gasteiger partial charge is 0.141 e. The van der Waals surface area contributed by atoms with Crippen LogP contribution < -0.4 is 0 Å². The Hall–Kier alpha value is -0.0800. The van der Waals surface area contributed by atoms with E-state index in [2.05, 4.69) is 46.9 Å². The van der Waals surface area contributed by atoms with Crippen LogP contribution in [0.1, 0.15) is 13.8 Å². The van der Waals surface area contributed by atoms with E-state index in [9.17, 15) is 0 Å². The molecule has 0 N–H and O–H groups in total. The van der Waals surface area contributed by atoms with Crippen molar-refractivity contribution in [3.05, 3.63) is 0 Å². The number of hydrogen-bond donors (Lipinski definition) is 0. The van der Waals surface area contributed by atoms with Crippen LogP contribution in [0.2, 0.25) is 0 Å². The van der Waals surface area contributed by atoms with Crippen LogP contribution in [0.5, 0.6) is 0 Å². The average molecular weight is 145 g/mol. The van der Waals surface area contributed by atoms with Gasteiger partial charge in [-0.2, -0.15) is 0 Å². The highest BCUT2D eigenvalue weighted by Crippen LogP contribution is 2.06. The van der Waals surface area contributed by atoms with Gasteiger partial charge in [0.2, 0.25) is 0 Å². The lowest BCUT2D eigenvalue weighted by atomic mass is 10.3. The first-order chi connectivity index (χ1) is 4.41. The van der Waals surface area contributed by atoms with Crippen LogP contribution in [0.15, 0.2) is 0 Å². The summed E-state index contributed by atoms with van der Waals surface area (Å²) in [6, 6.07) is 0. The largest absolute Gasteiger partial charge is 0.314 e. The molecule has 0 aliphatic rings. The molecule has 1 atom stereocenters. The van der Waals surface area contributed by atoms with Crippen molar-refractivity contribution < 1.29 is 4.48 Å². The first-order valence-electron chi connectivity index (χ1n) is 3.91. The van der Waals surface area contributed by atoms with Crippen LogP contribution in [0.4, 0.5) is 0 Å². The van der Waals surface area contributed by atoms with Crippen molar-refractivity contribution >= 4 is 0 Å². The molecule has 10 heavy (non-hydrogen) atoms. The molecule has 0 bridgehead atoms. The highest BCUT2D eigenvalue weighted by atomic mass is 15.4. The SMILES string of the molecule is CC[N+](C)(C)C(C)N(C)C. The van der Waals surface area contributed by atoms with Gasteiger partial charge in [0.15, 0.2) is 0 Å². The summed E-state index contributed by atoms with van der Waals surface area (Å²) in [5.41, 5.74) is 0. The highest BCUT2D eigenvalue weighted by molar-refractivity contribution is 4.44. The minimum Gasteiger partial charge on any atom is -0.314 e. The Labute approximate surface area is 65.0 Å². The van der Waals surface area contributed by atoms with Crippen molar-refractivity contribution in [3.63, 3.8) is 0 Å². The summed E-state index contributed by atoms with van der Waals surface area (Å²) in [4.78, 5) is 2.25. The van der Waals surface area contributed by atoms with Gasteiger partial charge in [0.05, 0.1) is 20.6 Å². The van der Waals surface area contributed by atoms with Gasteiger partial charge < -0.3 is 4.48 Å². The zero-order chi connectivity index (χ0) is 8.36. The predicted octanol–water partition coefficient (Wildman–Crippen LogP) is 0.990. The molecule has 0 radical (unpaired) electrons. The van der Waals surface area contributed by atoms with Gasteiger partial charge in [-0.1, -0.05) is 0 Å². The molecule has 2 nitrogen and oxygen atoms in total. The lowest BCUT2D eigenvalue weighted by Gasteiger charge is -2.38. The maximum absolute atomic E-state index is 2.25. The number of hydrogen-bond acceptors (Lipinski definition) is 1. The van der Waals surface area contributed by atoms with Gasteiger partial charge in [0, 0.05) is 6.92 Å². The molecule has 0 spiro atoms. The average Bonchev–Trinajstić information content (AvgIpc) is 1.86. The van der Waals surface area contributed by atoms with Crippen molar-refractivity contribution in [1.29, 1.82) is 0 Å². The van der Waals surface area contributed by atoms with Crippen molar-refractivity contribution in [3.8, 4) is 0 Å².